The molecule has 16 heavy (non-hydrogen) atoms. The van der Waals surface area contributed by atoms with Crippen LogP contribution in [0.1, 0.15) is 5.56 Å². The zero-order chi connectivity index (χ0) is 11.1. The Morgan fingerprint density at radius 2 is 1.50 bits per heavy atom. The molecular formula is C12H18Cl3N. The summed E-state index contributed by atoms with van der Waals surface area (Å²) in [4.78, 5) is 0. The van der Waals surface area contributed by atoms with E-state index in [9.17, 15) is 0 Å². The van der Waals surface area contributed by atoms with E-state index in [2.05, 4.69) is 31.3 Å². The Kier molecular flexibility index (Phi) is 8.21. The zero-order valence-electron chi connectivity index (χ0n) is 9.50. The lowest BCUT2D eigenvalue weighted by atomic mass is 10.2. The zero-order valence-corrected chi connectivity index (χ0v) is 11.8. The molecule has 0 unspecified atom stereocenters. The van der Waals surface area contributed by atoms with Crippen LogP contribution in [0.15, 0.2) is 30.3 Å². The number of quaternary nitrogens is 1. The highest BCUT2D eigenvalue weighted by Gasteiger charge is 2.20. The second kappa shape index (κ2) is 8.19. The summed E-state index contributed by atoms with van der Waals surface area (Å²) in [6, 6.07) is 10.5. The third-order valence-electron chi connectivity index (χ3n) is 2.66. The van der Waals surface area contributed by atoms with Gasteiger partial charge in [0.15, 0.2) is 0 Å². The third-order valence-corrected chi connectivity index (χ3v) is 2.99. The second-order valence-corrected chi connectivity index (χ2v) is 4.84. The van der Waals surface area contributed by atoms with Gasteiger partial charge in [0, 0.05) is 5.56 Å². The van der Waals surface area contributed by atoms with Crippen molar-refractivity contribution < 1.29 is 16.9 Å². The van der Waals surface area contributed by atoms with Gasteiger partial charge in [-0.2, -0.15) is 0 Å². The molecule has 0 saturated carbocycles. The molecule has 0 saturated heterocycles. The van der Waals surface area contributed by atoms with Crippen LogP contribution < -0.4 is 12.4 Å². The Labute approximate surface area is 114 Å². The Hall–Kier alpha value is 0.0500. The average Bonchev–Trinajstić information content (AvgIpc) is 2.19. The lowest BCUT2D eigenvalue weighted by Crippen LogP contribution is -3.00. The number of benzene rings is 1. The SMILES string of the molecule is C[N+](CCCl)(CCCl)Cc1ccccc1.[Cl-]. The summed E-state index contributed by atoms with van der Waals surface area (Å²) in [5.74, 6) is 1.36. The predicted octanol–water partition coefficient (Wildman–Crippen LogP) is 0.115. The molecule has 0 spiro atoms. The average molecular weight is 283 g/mol. The van der Waals surface area contributed by atoms with Gasteiger partial charge in [0.1, 0.15) is 6.54 Å². The summed E-state index contributed by atoms with van der Waals surface area (Å²) in [5.41, 5.74) is 1.34. The molecule has 1 aromatic carbocycles. The minimum atomic E-state index is 0. The largest absolute Gasteiger partial charge is 1.00 e. The molecular weight excluding hydrogens is 264 g/mol. The molecule has 0 aromatic heterocycles. The van der Waals surface area contributed by atoms with Crippen molar-refractivity contribution >= 4 is 23.2 Å². The minimum Gasteiger partial charge on any atom is -1.00 e. The first-order valence-corrected chi connectivity index (χ1v) is 6.26. The smallest absolute Gasteiger partial charge is 0.104 e. The van der Waals surface area contributed by atoms with E-state index in [1.54, 1.807) is 0 Å². The molecule has 0 N–H and O–H groups in total. The second-order valence-electron chi connectivity index (χ2n) is 4.09. The van der Waals surface area contributed by atoms with Crippen molar-refractivity contribution in [3.05, 3.63) is 35.9 Å². The Morgan fingerprint density at radius 3 is 1.94 bits per heavy atom. The highest BCUT2D eigenvalue weighted by atomic mass is 35.5. The van der Waals surface area contributed by atoms with E-state index < -0.39 is 0 Å². The summed E-state index contributed by atoms with van der Waals surface area (Å²) in [7, 11) is 2.21. The van der Waals surface area contributed by atoms with Crippen LogP contribution in [0.5, 0.6) is 0 Å². The van der Waals surface area contributed by atoms with Gasteiger partial charge in [-0.1, -0.05) is 30.3 Å². The van der Waals surface area contributed by atoms with Gasteiger partial charge < -0.3 is 16.9 Å². The molecule has 0 aliphatic rings. The topological polar surface area (TPSA) is 0 Å². The summed E-state index contributed by atoms with van der Waals surface area (Å²) < 4.78 is 0.914. The van der Waals surface area contributed by atoms with E-state index in [0.29, 0.717) is 11.8 Å². The predicted molar refractivity (Wildman–Crippen MR) is 67.5 cm³/mol. The molecule has 92 valence electrons. The molecule has 0 amide bonds. The van der Waals surface area contributed by atoms with Crippen molar-refractivity contribution in [2.24, 2.45) is 0 Å². The maximum Gasteiger partial charge on any atom is 0.104 e. The highest BCUT2D eigenvalue weighted by molar-refractivity contribution is 6.18. The number of hydrogen-bond donors (Lipinski definition) is 0. The van der Waals surface area contributed by atoms with Crippen LogP contribution in [0.2, 0.25) is 0 Å². The fourth-order valence-corrected chi connectivity index (χ4v) is 2.52. The quantitative estimate of drug-likeness (QED) is 0.513. The van der Waals surface area contributed by atoms with E-state index in [4.69, 9.17) is 23.2 Å². The fourth-order valence-electron chi connectivity index (χ4n) is 1.70. The molecule has 0 heterocycles. The van der Waals surface area contributed by atoms with Gasteiger partial charge in [-0.3, -0.25) is 0 Å². The lowest BCUT2D eigenvalue weighted by Gasteiger charge is -2.33. The van der Waals surface area contributed by atoms with Crippen LogP contribution in [0.4, 0.5) is 0 Å². The van der Waals surface area contributed by atoms with E-state index in [1.165, 1.54) is 5.56 Å². The van der Waals surface area contributed by atoms with Crippen molar-refractivity contribution in [1.29, 1.82) is 0 Å². The minimum absolute atomic E-state index is 0. The van der Waals surface area contributed by atoms with Crippen molar-refractivity contribution in [3.63, 3.8) is 0 Å². The Bertz CT molecular complexity index is 271. The van der Waals surface area contributed by atoms with Crippen LogP contribution in [-0.4, -0.2) is 36.4 Å². The standard InChI is InChI=1S/C12H18Cl2N.ClH/c1-15(9-7-13,10-8-14)11-12-5-3-2-4-6-12;/h2-6H,7-11H2,1H3;1H/q+1;/p-1. The molecule has 0 aliphatic carbocycles. The van der Waals surface area contributed by atoms with Gasteiger partial charge in [0.2, 0.25) is 0 Å². The summed E-state index contributed by atoms with van der Waals surface area (Å²) in [6.07, 6.45) is 0. The van der Waals surface area contributed by atoms with E-state index in [0.717, 1.165) is 24.1 Å². The van der Waals surface area contributed by atoms with Gasteiger partial charge in [-0.05, 0) is 0 Å². The van der Waals surface area contributed by atoms with Crippen molar-refractivity contribution in [1.82, 2.24) is 0 Å². The molecule has 0 fully saturated rings. The molecule has 0 bridgehead atoms. The van der Waals surface area contributed by atoms with E-state index >= 15 is 0 Å². The fraction of sp³-hybridized carbons (Fsp3) is 0.500. The van der Waals surface area contributed by atoms with Gasteiger partial charge in [-0.15, -0.1) is 23.2 Å². The summed E-state index contributed by atoms with van der Waals surface area (Å²) in [6.45, 7) is 2.92. The number of rotatable bonds is 6. The van der Waals surface area contributed by atoms with Crippen LogP contribution in [0, 0.1) is 0 Å². The molecule has 0 aliphatic heterocycles. The molecule has 0 radical (unpaired) electrons. The van der Waals surface area contributed by atoms with Crippen molar-refractivity contribution in [2.75, 3.05) is 31.9 Å². The molecule has 0 atom stereocenters. The Morgan fingerprint density at radius 1 is 1.00 bits per heavy atom. The van der Waals surface area contributed by atoms with Gasteiger partial charge >= 0.3 is 0 Å². The van der Waals surface area contributed by atoms with Gasteiger partial charge in [-0.25, -0.2) is 0 Å². The van der Waals surface area contributed by atoms with Crippen LogP contribution in [-0.2, 0) is 6.54 Å². The first kappa shape index (κ1) is 16.1. The van der Waals surface area contributed by atoms with Crippen molar-refractivity contribution in [3.8, 4) is 0 Å². The maximum atomic E-state index is 5.83. The van der Waals surface area contributed by atoms with Crippen LogP contribution >= 0.6 is 23.2 Å². The molecule has 1 nitrogen and oxygen atoms in total. The summed E-state index contributed by atoms with van der Waals surface area (Å²) in [5, 5.41) is 0. The Balaban J connectivity index is 0.00000225. The molecule has 4 heteroatoms. The van der Waals surface area contributed by atoms with Crippen molar-refractivity contribution in [2.45, 2.75) is 6.54 Å². The number of halogens is 3. The first-order valence-electron chi connectivity index (χ1n) is 5.19. The van der Waals surface area contributed by atoms with E-state index in [-0.39, 0.29) is 12.4 Å². The van der Waals surface area contributed by atoms with Gasteiger partial charge in [0.25, 0.3) is 0 Å². The summed E-state index contributed by atoms with van der Waals surface area (Å²) >= 11 is 11.7. The number of alkyl halides is 2. The molecule has 1 aromatic rings. The first-order chi connectivity index (χ1) is 7.20. The van der Waals surface area contributed by atoms with Gasteiger partial charge in [0.05, 0.1) is 31.9 Å². The maximum absolute atomic E-state index is 5.83. The number of nitrogens with zero attached hydrogens (tertiary/aromatic N) is 1. The lowest BCUT2D eigenvalue weighted by molar-refractivity contribution is -0.918. The normalized spacial score (nSPS) is 10.9. The number of hydrogen-bond acceptors (Lipinski definition) is 0. The monoisotopic (exact) mass is 281 g/mol. The molecule has 1 rings (SSSR count). The third kappa shape index (κ3) is 5.40. The highest BCUT2D eigenvalue weighted by Crippen LogP contribution is 2.12. The van der Waals surface area contributed by atoms with E-state index in [1.807, 2.05) is 6.07 Å². The van der Waals surface area contributed by atoms with Crippen LogP contribution in [0.3, 0.4) is 0 Å². The van der Waals surface area contributed by atoms with Crippen LogP contribution in [0.25, 0.3) is 0 Å².